The molecule has 7 rings (SSSR count). The lowest BCUT2D eigenvalue weighted by atomic mass is 9.55. The number of amides is 1. The molecule has 2 aliphatic carbocycles. The SMILES string of the molecule is C=CCOC12Oc3ccc(Oc4cccc(C=O)c4)cc3C3C(CCCCO)C(CCCCO)C=C(C(=NOC)CC1N(Cc1cccc4ccccc14)C(=O)CCCCCCCCCCC)C32. The lowest BCUT2D eigenvalue weighted by Crippen LogP contribution is -2.70. The number of fused-ring (bicyclic) bond motifs is 3. The molecule has 6 unspecified atom stereocenters. The highest BCUT2D eigenvalue weighted by molar-refractivity contribution is 6.03. The maximum absolute atomic E-state index is 15.4. The van der Waals surface area contributed by atoms with Crippen LogP contribution in [0.4, 0.5) is 0 Å². The van der Waals surface area contributed by atoms with Gasteiger partial charge in [0, 0.05) is 49.6 Å². The van der Waals surface area contributed by atoms with E-state index in [9.17, 15) is 15.0 Å². The number of oxime groups is 1. The third kappa shape index (κ3) is 11.9. The van der Waals surface area contributed by atoms with Gasteiger partial charge >= 0.3 is 0 Å². The summed E-state index contributed by atoms with van der Waals surface area (Å²) in [5.41, 5.74) is 4.26. The molecule has 0 saturated heterocycles. The zero-order valence-corrected chi connectivity index (χ0v) is 40.5. The number of ether oxygens (including phenoxy) is 3. The summed E-state index contributed by atoms with van der Waals surface area (Å²) < 4.78 is 21.3. The zero-order chi connectivity index (χ0) is 47.7. The van der Waals surface area contributed by atoms with Gasteiger partial charge in [0.15, 0.2) is 0 Å². The Bertz CT molecular complexity index is 2340. The van der Waals surface area contributed by atoms with Crippen molar-refractivity contribution in [2.75, 3.05) is 26.9 Å². The number of aliphatic hydroxyl groups excluding tert-OH is 2. The van der Waals surface area contributed by atoms with Crippen molar-refractivity contribution in [3.63, 3.8) is 0 Å². The minimum absolute atomic E-state index is 0.0427. The van der Waals surface area contributed by atoms with Crippen LogP contribution in [0.3, 0.4) is 0 Å². The Balaban J connectivity index is 1.37. The largest absolute Gasteiger partial charge is 0.459 e. The van der Waals surface area contributed by atoms with Gasteiger partial charge in [0.05, 0.1) is 18.2 Å². The van der Waals surface area contributed by atoms with Crippen molar-refractivity contribution in [1.82, 2.24) is 4.90 Å². The smallest absolute Gasteiger partial charge is 0.239 e. The maximum Gasteiger partial charge on any atom is 0.239 e. The van der Waals surface area contributed by atoms with Gasteiger partial charge in [0.25, 0.3) is 0 Å². The maximum atomic E-state index is 15.4. The van der Waals surface area contributed by atoms with E-state index in [0.717, 1.165) is 84.4 Å². The molecule has 0 aromatic heterocycles. The van der Waals surface area contributed by atoms with Gasteiger partial charge < -0.3 is 34.2 Å². The summed E-state index contributed by atoms with van der Waals surface area (Å²) in [7, 11) is 1.58. The number of unbranched alkanes of at least 4 members (excludes halogenated alkanes) is 10. The number of rotatable bonds is 28. The summed E-state index contributed by atoms with van der Waals surface area (Å²) in [4.78, 5) is 34.9. The van der Waals surface area contributed by atoms with Crippen LogP contribution in [0.25, 0.3) is 10.8 Å². The van der Waals surface area contributed by atoms with Crippen molar-refractivity contribution < 1.29 is 38.9 Å². The third-order valence-electron chi connectivity index (χ3n) is 14.5. The van der Waals surface area contributed by atoms with E-state index in [0.29, 0.717) is 55.0 Å². The summed E-state index contributed by atoms with van der Waals surface area (Å²) in [6.07, 6.45) is 20.7. The molecule has 3 aliphatic rings. The monoisotopic (exact) mass is 927 g/mol. The van der Waals surface area contributed by atoms with E-state index in [1.54, 1.807) is 31.4 Å². The molecule has 1 fully saturated rings. The summed E-state index contributed by atoms with van der Waals surface area (Å²) in [6.45, 7) is 7.08. The molecule has 0 radical (unpaired) electrons. The van der Waals surface area contributed by atoms with Crippen LogP contribution in [-0.2, 0) is 20.9 Å². The van der Waals surface area contributed by atoms with Gasteiger partial charge in [0.1, 0.15) is 36.7 Å². The van der Waals surface area contributed by atoms with Gasteiger partial charge in [-0.05, 0) is 96.2 Å². The molecule has 0 bridgehead atoms. The van der Waals surface area contributed by atoms with Crippen molar-refractivity contribution in [3.05, 3.63) is 126 Å². The lowest BCUT2D eigenvalue weighted by molar-refractivity contribution is -0.258. The van der Waals surface area contributed by atoms with E-state index in [4.69, 9.17) is 24.2 Å². The van der Waals surface area contributed by atoms with Crippen molar-refractivity contribution in [2.45, 2.75) is 140 Å². The van der Waals surface area contributed by atoms with E-state index < -0.39 is 17.7 Å². The van der Waals surface area contributed by atoms with Crippen LogP contribution in [0.15, 0.2) is 114 Å². The fourth-order valence-corrected chi connectivity index (χ4v) is 11.3. The number of aldehydes is 1. The number of aliphatic hydroxyl groups is 2. The molecule has 1 amide bonds. The van der Waals surface area contributed by atoms with Gasteiger partial charge in [-0.3, -0.25) is 9.59 Å². The first-order valence-electron chi connectivity index (χ1n) is 25.5. The second kappa shape index (κ2) is 25.4. The Labute approximate surface area is 404 Å². The summed E-state index contributed by atoms with van der Waals surface area (Å²) in [5.74, 6) is -0.0405. The first-order valence-corrected chi connectivity index (χ1v) is 25.5. The van der Waals surface area contributed by atoms with Crippen molar-refractivity contribution in [1.29, 1.82) is 0 Å². The van der Waals surface area contributed by atoms with Crippen molar-refractivity contribution >= 4 is 28.7 Å². The number of hydrogen-bond acceptors (Lipinski definition) is 9. The second-order valence-corrected chi connectivity index (χ2v) is 19.0. The molecule has 68 heavy (non-hydrogen) atoms. The van der Waals surface area contributed by atoms with Crippen molar-refractivity contribution in [3.8, 4) is 17.2 Å². The number of nitrogens with zero attached hydrogens (tertiary/aromatic N) is 2. The van der Waals surface area contributed by atoms with Crippen LogP contribution < -0.4 is 9.47 Å². The van der Waals surface area contributed by atoms with Gasteiger partial charge in [-0.25, -0.2) is 0 Å². The first-order chi connectivity index (χ1) is 33.4. The highest BCUT2D eigenvalue weighted by Gasteiger charge is 2.65. The number of hydrogen-bond donors (Lipinski definition) is 2. The Hall–Kier alpha value is -5.29. The minimum Gasteiger partial charge on any atom is -0.459 e. The van der Waals surface area contributed by atoms with E-state index in [1.807, 2.05) is 29.2 Å². The van der Waals surface area contributed by atoms with Crippen LogP contribution >= 0.6 is 0 Å². The minimum atomic E-state index is -1.38. The van der Waals surface area contributed by atoms with Crippen LogP contribution in [0, 0.1) is 17.8 Å². The average Bonchev–Trinajstić information content (AvgIpc) is 3.36. The zero-order valence-electron chi connectivity index (χ0n) is 40.5. The molecular formula is C58H74N2O8. The number of carbonyl (C=O) groups is 2. The highest BCUT2D eigenvalue weighted by atomic mass is 16.7. The van der Waals surface area contributed by atoms with Gasteiger partial charge in [-0.2, -0.15) is 0 Å². The number of carbonyl (C=O) groups excluding carboxylic acids is 2. The fourth-order valence-electron chi connectivity index (χ4n) is 11.3. The highest BCUT2D eigenvalue weighted by Crippen LogP contribution is 2.62. The number of benzene rings is 4. The van der Waals surface area contributed by atoms with Crippen LogP contribution in [-0.4, -0.2) is 71.8 Å². The Morgan fingerprint density at radius 3 is 2.32 bits per heavy atom. The van der Waals surface area contributed by atoms with E-state index >= 15 is 4.79 Å². The van der Waals surface area contributed by atoms with Crippen LogP contribution in [0.1, 0.15) is 143 Å². The predicted octanol–water partition coefficient (Wildman–Crippen LogP) is 12.7. The Kier molecular flexibility index (Phi) is 18.9. The predicted molar refractivity (Wildman–Crippen MR) is 270 cm³/mol. The van der Waals surface area contributed by atoms with Gasteiger partial charge in [-0.15, -0.1) is 6.58 Å². The molecule has 10 nitrogen and oxygen atoms in total. The van der Waals surface area contributed by atoms with Gasteiger partial charge in [-0.1, -0.05) is 143 Å². The van der Waals surface area contributed by atoms with E-state index in [2.05, 4.69) is 62.0 Å². The molecule has 2 N–H and O–H groups in total. The average molecular weight is 927 g/mol. The summed E-state index contributed by atoms with van der Waals surface area (Å²) >= 11 is 0. The van der Waals surface area contributed by atoms with Crippen molar-refractivity contribution in [2.24, 2.45) is 22.9 Å². The van der Waals surface area contributed by atoms with E-state index in [-0.39, 0.29) is 43.5 Å². The standard InChI is InChI=1S/C58H74N2O8/c1-4-6-7-8-9-10-11-12-13-30-55(64)60(40-45-26-21-25-43-23-14-15-28-48(43)45)54-39-52(59-65-3)50-37-44(24-16-18-33-61)49(29-17-19-34-62)56-51-38-47(67-46-27-20-22-42(36-46)41-63)31-32-53(51)68-58(54,57(50)56)66-35-5-2/h5,14-15,20-23,25-28,31-32,36-38,41,44,49,54,56-57,61-62H,2,4,6-13,16-19,24,29-30,33-35,39-40H2,1,3H3. The quantitative estimate of drug-likeness (QED) is 0.0249. The second-order valence-electron chi connectivity index (χ2n) is 19.0. The van der Waals surface area contributed by atoms with Crippen LogP contribution in [0.2, 0.25) is 0 Å². The topological polar surface area (TPSA) is 127 Å². The number of allylic oxidation sites excluding steroid dienone is 1. The molecule has 1 heterocycles. The fraction of sp³-hybridized carbons (Fsp3) is 0.500. The lowest BCUT2D eigenvalue weighted by Gasteiger charge is -2.60. The normalized spacial score (nSPS) is 22.1. The molecular weight excluding hydrogens is 853 g/mol. The molecule has 0 spiro atoms. The summed E-state index contributed by atoms with van der Waals surface area (Å²) in [5, 5.41) is 27.0. The molecule has 364 valence electrons. The summed E-state index contributed by atoms with van der Waals surface area (Å²) in [6, 6.07) is 27.0. The van der Waals surface area contributed by atoms with Crippen LogP contribution in [0.5, 0.6) is 17.2 Å². The van der Waals surface area contributed by atoms with E-state index in [1.165, 1.54) is 38.5 Å². The Morgan fingerprint density at radius 2 is 1.57 bits per heavy atom. The Morgan fingerprint density at radius 1 is 0.853 bits per heavy atom. The molecule has 1 saturated carbocycles. The molecule has 1 aliphatic heterocycles. The molecule has 4 aromatic carbocycles. The molecule has 10 heteroatoms. The van der Waals surface area contributed by atoms with Gasteiger partial charge in [0.2, 0.25) is 11.7 Å². The third-order valence-corrected chi connectivity index (χ3v) is 14.5. The molecule has 6 atom stereocenters. The molecule has 4 aromatic rings. The first kappa shape index (κ1) is 50.6.